The van der Waals surface area contributed by atoms with Gasteiger partial charge in [-0.3, -0.25) is 0 Å². The molecule has 1 heterocycles. The molecule has 0 radical (unpaired) electrons. The average Bonchev–Trinajstić information content (AvgIpc) is 2.97. The van der Waals surface area contributed by atoms with Crippen molar-refractivity contribution in [2.75, 3.05) is 19.6 Å². The Morgan fingerprint density at radius 1 is 0.778 bits per heavy atom. The van der Waals surface area contributed by atoms with Gasteiger partial charge in [-0.25, -0.2) is 16.8 Å². The number of unbranched alkanes of at least 4 members (excludes halogenated alkanes) is 4. The molecule has 0 aromatic carbocycles. The Balaban J connectivity index is 0.000000511. The van der Waals surface area contributed by atoms with Crippen LogP contribution >= 0.6 is 0 Å². The lowest BCUT2D eigenvalue weighted by Crippen LogP contribution is -3.09. The van der Waals surface area contributed by atoms with Crippen LogP contribution in [-0.4, -0.2) is 47.5 Å². The van der Waals surface area contributed by atoms with Crippen LogP contribution in [0, 0.1) is 0 Å². The minimum absolute atomic E-state index is 0.778. The zero-order valence-corrected chi connectivity index (χ0v) is 16.4. The van der Waals surface area contributed by atoms with Crippen LogP contribution in [0.5, 0.6) is 0 Å². The van der Waals surface area contributed by atoms with Gasteiger partial charge in [0.1, 0.15) is 0 Å². The maximum atomic E-state index is 11.4. The zero-order valence-electron chi connectivity index (χ0n) is 14.7. The van der Waals surface area contributed by atoms with E-state index in [9.17, 15) is 43.2 Å². The Hall–Kier alpha value is -0.600. The van der Waals surface area contributed by atoms with E-state index in [2.05, 4.69) is 6.92 Å². The molecule has 6 nitrogen and oxygen atoms in total. The van der Waals surface area contributed by atoms with E-state index in [0.717, 1.165) is 4.13 Å². The SMILES string of the molecule is CCCCCCC[NH+]1CCCC1.O=S(=O)([N-]S(=O)(=O)C(F)(F)F)C(F)(F)F. The van der Waals surface area contributed by atoms with Gasteiger partial charge in [0.15, 0.2) is 20.0 Å². The first-order chi connectivity index (χ1) is 12.1. The van der Waals surface area contributed by atoms with Gasteiger partial charge in [0.05, 0.1) is 19.6 Å². The standard InChI is InChI=1S/C11H23N.C2F6NO4S2/c1-2-3-4-5-6-9-12-10-7-8-11-12;3-1(4,5)14(10,11)9-15(12,13)2(6,7)8/h2-11H2,1H3;/q;-1/p+1. The second kappa shape index (κ2) is 10.8. The molecule has 0 aliphatic carbocycles. The van der Waals surface area contributed by atoms with Gasteiger partial charge in [0.25, 0.3) is 0 Å². The molecular weight excluding hydrogens is 426 g/mol. The second-order valence-electron chi connectivity index (χ2n) is 6.04. The summed E-state index contributed by atoms with van der Waals surface area (Å²) in [5.74, 6) is 0. The van der Waals surface area contributed by atoms with Gasteiger partial charge in [0, 0.05) is 12.8 Å². The lowest BCUT2D eigenvalue weighted by Gasteiger charge is -2.22. The Bertz CT molecular complexity index is 584. The van der Waals surface area contributed by atoms with Crippen molar-refractivity contribution in [2.45, 2.75) is 62.9 Å². The Kier molecular flexibility index (Phi) is 10.6. The summed E-state index contributed by atoms with van der Waals surface area (Å²) >= 11 is 0. The molecule has 0 unspecified atom stereocenters. The van der Waals surface area contributed by atoms with Gasteiger partial charge in [-0.15, -0.1) is 0 Å². The number of hydrogen-bond acceptors (Lipinski definition) is 4. The van der Waals surface area contributed by atoms with Gasteiger partial charge < -0.3 is 9.03 Å². The third kappa shape index (κ3) is 9.94. The van der Waals surface area contributed by atoms with Crippen molar-refractivity contribution in [3.8, 4) is 0 Å². The third-order valence-electron chi connectivity index (χ3n) is 3.73. The highest BCUT2D eigenvalue weighted by molar-refractivity contribution is 8.13. The number of sulfonamides is 2. The fourth-order valence-corrected chi connectivity index (χ4v) is 4.03. The fourth-order valence-electron chi connectivity index (χ4n) is 2.32. The van der Waals surface area contributed by atoms with E-state index in [0.29, 0.717) is 0 Å². The third-order valence-corrected chi connectivity index (χ3v) is 6.47. The van der Waals surface area contributed by atoms with Crippen LogP contribution in [0.1, 0.15) is 51.9 Å². The first-order valence-electron chi connectivity index (χ1n) is 8.34. The molecule has 0 atom stereocenters. The normalized spacial score (nSPS) is 16.9. The maximum absolute atomic E-state index is 11.4. The van der Waals surface area contributed by atoms with Gasteiger partial charge in [-0.2, -0.15) is 26.3 Å². The molecule has 0 bridgehead atoms. The summed E-state index contributed by atoms with van der Waals surface area (Å²) in [7, 11) is -13.4. The number of alkyl halides is 6. The molecule has 164 valence electrons. The van der Waals surface area contributed by atoms with Crippen molar-refractivity contribution in [3.63, 3.8) is 0 Å². The minimum atomic E-state index is -6.72. The van der Waals surface area contributed by atoms with Crippen LogP contribution in [0.25, 0.3) is 4.13 Å². The first-order valence-corrected chi connectivity index (χ1v) is 11.2. The van der Waals surface area contributed by atoms with Crippen molar-refractivity contribution < 1.29 is 48.1 Å². The van der Waals surface area contributed by atoms with Crippen LogP contribution in [0.2, 0.25) is 0 Å². The summed E-state index contributed by atoms with van der Waals surface area (Å²) in [6.45, 7) is 6.64. The summed E-state index contributed by atoms with van der Waals surface area (Å²) in [6.07, 6.45) is 10.2. The molecule has 1 rings (SSSR count). The first kappa shape index (κ1) is 26.4. The summed E-state index contributed by atoms with van der Waals surface area (Å²) < 4.78 is 109. The van der Waals surface area contributed by atoms with E-state index in [4.69, 9.17) is 0 Å². The summed E-state index contributed by atoms with van der Waals surface area (Å²) in [5, 5.41) is 0. The van der Waals surface area contributed by atoms with Gasteiger partial charge in [-0.1, -0.05) is 26.2 Å². The summed E-state index contributed by atoms with van der Waals surface area (Å²) in [4.78, 5) is 1.87. The number of quaternary nitrogens is 1. The van der Waals surface area contributed by atoms with Gasteiger partial charge in [-0.05, 0) is 12.8 Å². The van der Waals surface area contributed by atoms with E-state index in [1.54, 1.807) is 0 Å². The Morgan fingerprint density at radius 2 is 1.19 bits per heavy atom. The lowest BCUT2D eigenvalue weighted by atomic mass is 10.1. The van der Waals surface area contributed by atoms with Crippen molar-refractivity contribution >= 4 is 20.0 Å². The van der Waals surface area contributed by atoms with Crippen molar-refractivity contribution in [2.24, 2.45) is 0 Å². The number of rotatable bonds is 8. The molecule has 0 aromatic rings. The summed E-state index contributed by atoms with van der Waals surface area (Å²) in [6, 6.07) is 0. The van der Waals surface area contributed by atoms with Gasteiger partial charge >= 0.3 is 11.0 Å². The lowest BCUT2D eigenvalue weighted by molar-refractivity contribution is -0.887. The zero-order chi connectivity index (χ0) is 21.4. The monoisotopic (exact) mass is 450 g/mol. The molecule has 1 aliphatic rings. The van der Waals surface area contributed by atoms with Gasteiger partial charge in [0.2, 0.25) is 0 Å². The predicted octanol–water partition coefficient (Wildman–Crippen LogP) is 2.69. The van der Waals surface area contributed by atoms with E-state index >= 15 is 0 Å². The second-order valence-corrected chi connectivity index (χ2v) is 9.46. The number of halogens is 6. The predicted molar refractivity (Wildman–Crippen MR) is 86.9 cm³/mol. The number of nitrogens with zero attached hydrogens (tertiary/aromatic N) is 1. The van der Waals surface area contributed by atoms with E-state index in [1.807, 2.05) is 4.90 Å². The maximum Gasteiger partial charge on any atom is 0.480 e. The molecule has 27 heavy (non-hydrogen) atoms. The highest BCUT2D eigenvalue weighted by Crippen LogP contribution is 2.36. The average molecular weight is 450 g/mol. The Morgan fingerprint density at radius 3 is 1.56 bits per heavy atom. The van der Waals surface area contributed by atoms with Crippen molar-refractivity contribution in [1.29, 1.82) is 0 Å². The minimum Gasteiger partial charge on any atom is -0.421 e. The molecule has 0 aromatic heterocycles. The molecule has 0 spiro atoms. The van der Waals surface area contributed by atoms with Crippen molar-refractivity contribution in [1.82, 2.24) is 0 Å². The fraction of sp³-hybridized carbons (Fsp3) is 1.00. The van der Waals surface area contributed by atoms with Crippen LogP contribution in [-0.2, 0) is 20.0 Å². The number of likely N-dealkylation sites (tertiary alicyclic amines) is 1. The van der Waals surface area contributed by atoms with Crippen LogP contribution < -0.4 is 4.90 Å². The molecule has 0 saturated carbocycles. The van der Waals surface area contributed by atoms with E-state index in [1.165, 1.54) is 64.6 Å². The highest BCUT2D eigenvalue weighted by atomic mass is 32.3. The van der Waals surface area contributed by atoms with E-state index < -0.39 is 31.1 Å². The largest absolute Gasteiger partial charge is 0.480 e. The topological polar surface area (TPSA) is 86.8 Å². The Labute approximate surface area is 155 Å². The molecule has 1 saturated heterocycles. The quantitative estimate of drug-likeness (QED) is 0.455. The molecule has 1 aliphatic heterocycles. The number of hydrogen-bond donors (Lipinski definition) is 1. The van der Waals surface area contributed by atoms with Crippen LogP contribution in [0.4, 0.5) is 26.3 Å². The molecule has 1 N–H and O–H groups in total. The molecule has 14 heteroatoms. The summed E-state index contributed by atoms with van der Waals surface area (Å²) in [5.41, 5.74) is -12.4. The van der Waals surface area contributed by atoms with Crippen LogP contribution in [0.15, 0.2) is 0 Å². The number of nitrogens with one attached hydrogen (secondary N) is 1. The highest BCUT2D eigenvalue weighted by Gasteiger charge is 2.46. The van der Waals surface area contributed by atoms with Crippen LogP contribution in [0.3, 0.4) is 0 Å². The molecular formula is C13H24F6N2O4S2. The molecule has 1 fully saturated rings. The smallest absolute Gasteiger partial charge is 0.421 e. The van der Waals surface area contributed by atoms with Crippen molar-refractivity contribution in [3.05, 3.63) is 4.13 Å². The van der Waals surface area contributed by atoms with E-state index in [-0.39, 0.29) is 0 Å². The molecule has 0 amide bonds.